The largest absolute Gasteiger partial charge is 0.495 e. The number of aromatic carboxylic acids is 1. The topological polar surface area (TPSA) is 124 Å². The standard InChI is InChI=1S/C17H13ClN4O4/c1-26-15-7-4-11(18)8-13(15)21-22-14(9-19)16(23)20-12-5-2-10(3-6-12)17(24)25/h2-8,21H,1H3,(H,20,23)(H,24,25)/b22-14+. The van der Waals surface area contributed by atoms with Gasteiger partial charge in [0.2, 0.25) is 5.71 Å². The maximum atomic E-state index is 12.1. The molecule has 3 N–H and O–H groups in total. The van der Waals surface area contributed by atoms with Gasteiger partial charge in [-0.25, -0.2) is 4.79 Å². The van der Waals surface area contributed by atoms with Gasteiger partial charge in [0, 0.05) is 10.7 Å². The number of nitrogens with one attached hydrogen (secondary N) is 2. The van der Waals surface area contributed by atoms with E-state index < -0.39 is 17.6 Å². The molecular formula is C17H13ClN4O4. The third-order valence-corrected chi connectivity index (χ3v) is 3.40. The van der Waals surface area contributed by atoms with Gasteiger partial charge in [-0.05, 0) is 42.5 Å². The van der Waals surface area contributed by atoms with E-state index in [0.29, 0.717) is 22.1 Å². The fraction of sp³-hybridized carbons (Fsp3) is 0.0588. The summed E-state index contributed by atoms with van der Waals surface area (Å²) in [6.45, 7) is 0. The Hall–Kier alpha value is -3.57. The number of ether oxygens (including phenoxy) is 1. The van der Waals surface area contributed by atoms with Crippen LogP contribution in [0.25, 0.3) is 0 Å². The lowest BCUT2D eigenvalue weighted by atomic mass is 10.2. The maximum absolute atomic E-state index is 12.1. The summed E-state index contributed by atoms with van der Waals surface area (Å²) in [5.41, 5.74) is 2.91. The summed E-state index contributed by atoms with van der Waals surface area (Å²) in [5.74, 6) is -1.41. The van der Waals surface area contributed by atoms with E-state index in [-0.39, 0.29) is 5.56 Å². The molecule has 26 heavy (non-hydrogen) atoms. The van der Waals surface area contributed by atoms with Crippen LogP contribution in [0.1, 0.15) is 10.4 Å². The number of carboxylic acids is 1. The Morgan fingerprint density at radius 2 is 1.92 bits per heavy atom. The molecule has 0 aromatic heterocycles. The van der Waals surface area contributed by atoms with Gasteiger partial charge in [0.05, 0.1) is 18.4 Å². The molecule has 0 aliphatic rings. The summed E-state index contributed by atoms with van der Waals surface area (Å²) >= 11 is 5.90. The number of carboxylic acid groups (broad SMARTS) is 1. The zero-order valence-corrected chi connectivity index (χ0v) is 14.2. The molecule has 0 aliphatic heterocycles. The lowest BCUT2D eigenvalue weighted by molar-refractivity contribution is -0.110. The van der Waals surface area contributed by atoms with Crippen LogP contribution >= 0.6 is 11.6 Å². The Balaban J connectivity index is 2.13. The summed E-state index contributed by atoms with van der Waals surface area (Å²) in [5, 5.41) is 24.6. The van der Waals surface area contributed by atoms with Crippen LogP contribution in [0.5, 0.6) is 5.75 Å². The molecule has 2 rings (SSSR count). The van der Waals surface area contributed by atoms with Crippen LogP contribution in [0, 0.1) is 11.3 Å². The van der Waals surface area contributed by atoms with E-state index in [2.05, 4.69) is 15.8 Å². The minimum atomic E-state index is -1.08. The molecule has 0 fully saturated rings. The molecule has 0 radical (unpaired) electrons. The molecular weight excluding hydrogens is 360 g/mol. The number of methoxy groups -OCH3 is 1. The normalized spacial score (nSPS) is 10.6. The van der Waals surface area contributed by atoms with Gasteiger partial charge >= 0.3 is 5.97 Å². The van der Waals surface area contributed by atoms with Gasteiger partial charge in [-0.15, -0.1) is 0 Å². The fourth-order valence-corrected chi connectivity index (χ4v) is 2.07. The van der Waals surface area contributed by atoms with E-state index in [1.807, 2.05) is 0 Å². The first-order valence-corrected chi connectivity index (χ1v) is 7.54. The van der Waals surface area contributed by atoms with E-state index >= 15 is 0 Å². The Labute approximate surface area is 153 Å². The Morgan fingerprint density at radius 1 is 1.23 bits per heavy atom. The van der Waals surface area contributed by atoms with E-state index in [1.165, 1.54) is 37.4 Å². The molecule has 8 nitrogen and oxygen atoms in total. The maximum Gasteiger partial charge on any atom is 0.335 e. The molecule has 0 atom stereocenters. The molecule has 0 saturated heterocycles. The number of rotatable bonds is 6. The molecule has 2 aromatic carbocycles. The van der Waals surface area contributed by atoms with Crippen molar-refractivity contribution in [2.75, 3.05) is 17.9 Å². The molecule has 2 aromatic rings. The van der Waals surface area contributed by atoms with E-state index in [1.54, 1.807) is 18.2 Å². The first kappa shape index (κ1) is 18.8. The van der Waals surface area contributed by atoms with Crippen LogP contribution in [0.3, 0.4) is 0 Å². The predicted molar refractivity (Wildman–Crippen MR) is 96.7 cm³/mol. The van der Waals surface area contributed by atoms with Gasteiger partial charge in [0.1, 0.15) is 11.8 Å². The highest BCUT2D eigenvalue weighted by Gasteiger charge is 2.13. The van der Waals surface area contributed by atoms with Gasteiger partial charge in [0.15, 0.2) is 0 Å². The van der Waals surface area contributed by atoms with E-state index in [0.717, 1.165) is 0 Å². The first-order chi connectivity index (χ1) is 12.4. The highest BCUT2D eigenvalue weighted by molar-refractivity contribution is 6.48. The van der Waals surface area contributed by atoms with Crippen molar-refractivity contribution in [2.24, 2.45) is 5.10 Å². The third kappa shape index (κ3) is 4.72. The molecule has 0 bridgehead atoms. The molecule has 0 spiro atoms. The zero-order chi connectivity index (χ0) is 19.1. The first-order valence-electron chi connectivity index (χ1n) is 7.16. The monoisotopic (exact) mass is 372 g/mol. The van der Waals surface area contributed by atoms with Crippen LogP contribution in [-0.2, 0) is 4.79 Å². The van der Waals surface area contributed by atoms with Crippen molar-refractivity contribution in [3.05, 3.63) is 53.1 Å². The van der Waals surface area contributed by atoms with Crippen molar-refractivity contribution in [3.63, 3.8) is 0 Å². The summed E-state index contributed by atoms with van der Waals surface area (Å²) in [4.78, 5) is 22.9. The lowest BCUT2D eigenvalue weighted by Crippen LogP contribution is -2.22. The van der Waals surface area contributed by atoms with Crippen LogP contribution < -0.4 is 15.5 Å². The minimum Gasteiger partial charge on any atom is -0.495 e. The highest BCUT2D eigenvalue weighted by atomic mass is 35.5. The van der Waals surface area contributed by atoms with Gasteiger partial charge in [-0.1, -0.05) is 11.6 Å². The fourth-order valence-electron chi connectivity index (χ4n) is 1.90. The second-order valence-corrected chi connectivity index (χ2v) is 5.30. The van der Waals surface area contributed by atoms with Crippen LogP contribution in [0.4, 0.5) is 11.4 Å². The number of carbonyl (C=O) groups excluding carboxylic acids is 1. The Kier molecular flexibility index (Phi) is 6.14. The number of halogens is 1. The molecule has 132 valence electrons. The predicted octanol–water partition coefficient (Wildman–Crippen LogP) is 2.98. The van der Waals surface area contributed by atoms with Crippen molar-refractivity contribution in [2.45, 2.75) is 0 Å². The number of anilines is 2. The summed E-state index contributed by atoms with van der Waals surface area (Å²) < 4.78 is 5.13. The van der Waals surface area contributed by atoms with E-state index in [9.17, 15) is 9.59 Å². The summed E-state index contributed by atoms with van der Waals surface area (Å²) in [7, 11) is 1.46. The lowest BCUT2D eigenvalue weighted by Gasteiger charge is -2.08. The molecule has 1 amide bonds. The number of benzene rings is 2. The quantitative estimate of drug-likeness (QED) is 0.529. The van der Waals surface area contributed by atoms with Crippen LogP contribution in [0.15, 0.2) is 47.6 Å². The second-order valence-electron chi connectivity index (χ2n) is 4.87. The van der Waals surface area contributed by atoms with Gasteiger partial charge in [-0.2, -0.15) is 10.4 Å². The van der Waals surface area contributed by atoms with Crippen molar-refractivity contribution in [1.29, 1.82) is 5.26 Å². The number of nitriles is 1. The Bertz CT molecular complexity index is 904. The zero-order valence-electron chi connectivity index (χ0n) is 13.5. The van der Waals surface area contributed by atoms with Gasteiger partial charge in [0.25, 0.3) is 5.91 Å². The number of nitrogens with zero attached hydrogens (tertiary/aromatic N) is 2. The molecule has 0 saturated carbocycles. The third-order valence-electron chi connectivity index (χ3n) is 3.16. The van der Waals surface area contributed by atoms with E-state index in [4.69, 9.17) is 26.7 Å². The number of amides is 1. The van der Waals surface area contributed by atoms with Crippen molar-refractivity contribution in [1.82, 2.24) is 0 Å². The average Bonchev–Trinajstić information content (AvgIpc) is 2.63. The highest BCUT2D eigenvalue weighted by Crippen LogP contribution is 2.27. The smallest absolute Gasteiger partial charge is 0.335 e. The number of hydrogen-bond donors (Lipinski definition) is 3. The summed E-state index contributed by atoms with van der Waals surface area (Å²) in [6, 6.07) is 11.9. The number of hydrogen-bond acceptors (Lipinski definition) is 6. The minimum absolute atomic E-state index is 0.0758. The van der Waals surface area contributed by atoms with Crippen molar-refractivity contribution >= 4 is 40.6 Å². The van der Waals surface area contributed by atoms with Crippen molar-refractivity contribution < 1.29 is 19.4 Å². The van der Waals surface area contributed by atoms with Crippen LogP contribution in [0.2, 0.25) is 5.02 Å². The average molecular weight is 373 g/mol. The molecule has 0 heterocycles. The Morgan fingerprint density at radius 3 is 2.50 bits per heavy atom. The summed E-state index contributed by atoms with van der Waals surface area (Å²) in [6.07, 6.45) is 0. The molecule has 0 aliphatic carbocycles. The van der Waals surface area contributed by atoms with Crippen molar-refractivity contribution in [3.8, 4) is 11.8 Å². The van der Waals surface area contributed by atoms with Gasteiger partial charge in [-0.3, -0.25) is 10.2 Å². The SMILES string of the molecule is COc1ccc(Cl)cc1N/N=C(\C#N)C(=O)Nc1ccc(C(=O)O)cc1. The number of carbonyl (C=O) groups is 2. The van der Waals surface area contributed by atoms with Gasteiger partial charge < -0.3 is 15.2 Å². The van der Waals surface area contributed by atoms with Crippen LogP contribution in [-0.4, -0.2) is 29.8 Å². The molecule has 0 unspecified atom stereocenters. The number of hydrazone groups is 1. The second kappa shape index (κ2) is 8.50. The molecule has 9 heteroatoms.